The van der Waals surface area contributed by atoms with Gasteiger partial charge in [-0.15, -0.1) is 0 Å². The van der Waals surface area contributed by atoms with Crippen LogP contribution in [0.4, 0.5) is 5.69 Å². The zero-order chi connectivity index (χ0) is 15.6. The predicted octanol–water partition coefficient (Wildman–Crippen LogP) is 2.91. The zero-order valence-electron chi connectivity index (χ0n) is 12.5. The second-order valence-corrected chi connectivity index (χ2v) is 7.63. The molecule has 0 saturated heterocycles. The topological polar surface area (TPSA) is 75.6 Å². The molecule has 112 valence electrons. The van der Waals surface area contributed by atoms with Crippen molar-refractivity contribution in [2.24, 2.45) is 5.41 Å². The smallest absolute Gasteiger partial charge is 0.325 e. The van der Waals surface area contributed by atoms with E-state index in [2.05, 4.69) is 5.32 Å². The molecule has 1 aromatic carbocycles. The Morgan fingerprint density at radius 3 is 2.35 bits per heavy atom. The molecule has 20 heavy (non-hydrogen) atoms. The van der Waals surface area contributed by atoms with Crippen molar-refractivity contribution in [1.29, 1.82) is 0 Å². The van der Waals surface area contributed by atoms with Crippen LogP contribution in [0, 0.1) is 5.41 Å². The lowest BCUT2D eigenvalue weighted by atomic mass is 9.95. The van der Waals surface area contributed by atoms with E-state index in [1.807, 2.05) is 0 Å². The van der Waals surface area contributed by atoms with E-state index in [-0.39, 0.29) is 11.2 Å². The fraction of sp³-hybridized carbons (Fsp3) is 0.500. The second kappa shape index (κ2) is 6.08. The van der Waals surface area contributed by atoms with Crippen LogP contribution in [0.15, 0.2) is 24.3 Å². The van der Waals surface area contributed by atoms with Crippen molar-refractivity contribution in [2.75, 3.05) is 5.32 Å². The van der Waals surface area contributed by atoms with E-state index in [0.29, 0.717) is 5.69 Å². The van der Waals surface area contributed by atoms with Gasteiger partial charge in [0, 0.05) is 5.41 Å². The lowest BCUT2D eigenvalue weighted by molar-refractivity contribution is -0.123. The van der Waals surface area contributed by atoms with Gasteiger partial charge in [0.1, 0.15) is 0 Å². The fourth-order valence-electron chi connectivity index (χ4n) is 1.48. The SMILES string of the molecule is CC(C)OP(=O)(O)c1ccccc1NC(=O)C(C)(C)C. The van der Waals surface area contributed by atoms with Gasteiger partial charge in [-0.05, 0) is 26.0 Å². The maximum absolute atomic E-state index is 12.3. The normalized spacial score (nSPS) is 14.9. The highest BCUT2D eigenvalue weighted by Crippen LogP contribution is 2.44. The number of para-hydroxylation sites is 1. The van der Waals surface area contributed by atoms with Crippen LogP contribution in [-0.4, -0.2) is 16.9 Å². The van der Waals surface area contributed by atoms with Crippen LogP contribution in [-0.2, 0) is 13.9 Å². The first-order valence-corrected chi connectivity index (χ1v) is 8.04. The number of hydrogen-bond acceptors (Lipinski definition) is 3. The lowest BCUT2D eigenvalue weighted by Gasteiger charge is -2.21. The van der Waals surface area contributed by atoms with Crippen LogP contribution >= 0.6 is 7.60 Å². The number of nitrogens with one attached hydrogen (secondary N) is 1. The van der Waals surface area contributed by atoms with Gasteiger partial charge < -0.3 is 14.7 Å². The molecule has 0 heterocycles. The van der Waals surface area contributed by atoms with Crippen LogP contribution in [0.2, 0.25) is 0 Å². The summed E-state index contributed by atoms with van der Waals surface area (Å²) >= 11 is 0. The van der Waals surface area contributed by atoms with Crippen LogP contribution in [0.3, 0.4) is 0 Å². The number of benzene rings is 1. The van der Waals surface area contributed by atoms with E-state index in [1.54, 1.807) is 52.8 Å². The standard InChI is InChI=1S/C14H22NO4P/c1-10(2)19-20(17,18)12-9-7-6-8-11(12)15-13(16)14(3,4)5/h6-10H,1-5H3,(H,15,16)(H,17,18). The minimum Gasteiger partial charge on any atom is -0.325 e. The maximum atomic E-state index is 12.3. The lowest BCUT2D eigenvalue weighted by Crippen LogP contribution is -2.30. The summed E-state index contributed by atoms with van der Waals surface area (Å²) in [7, 11) is -3.96. The van der Waals surface area contributed by atoms with Crippen molar-refractivity contribution >= 4 is 24.5 Å². The van der Waals surface area contributed by atoms with Gasteiger partial charge in [-0.3, -0.25) is 9.36 Å². The molecule has 0 aliphatic heterocycles. The maximum Gasteiger partial charge on any atom is 0.361 e. The van der Waals surface area contributed by atoms with Crippen molar-refractivity contribution < 1.29 is 18.8 Å². The van der Waals surface area contributed by atoms with Crippen LogP contribution < -0.4 is 10.6 Å². The molecule has 2 N–H and O–H groups in total. The monoisotopic (exact) mass is 299 g/mol. The summed E-state index contributed by atoms with van der Waals surface area (Å²) in [6.07, 6.45) is -0.391. The highest BCUT2D eigenvalue weighted by Gasteiger charge is 2.29. The minimum atomic E-state index is -3.96. The molecule has 0 aromatic heterocycles. The number of amides is 1. The quantitative estimate of drug-likeness (QED) is 0.838. The Bertz CT molecular complexity index is 534. The van der Waals surface area contributed by atoms with Crippen LogP contribution in [0.25, 0.3) is 0 Å². The molecule has 5 nitrogen and oxygen atoms in total. The van der Waals surface area contributed by atoms with E-state index < -0.39 is 19.1 Å². The second-order valence-electron chi connectivity index (χ2n) is 5.90. The highest BCUT2D eigenvalue weighted by atomic mass is 31.2. The van der Waals surface area contributed by atoms with Crippen molar-refractivity contribution in [3.8, 4) is 0 Å². The van der Waals surface area contributed by atoms with E-state index in [9.17, 15) is 14.3 Å². The van der Waals surface area contributed by atoms with Gasteiger partial charge in [0.05, 0.1) is 17.1 Å². The summed E-state index contributed by atoms with van der Waals surface area (Å²) < 4.78 is 17.4. The van der Waals surface area contributed by atoms with Crippen molar-refractivity contribution in [3.63, 3.8) is 0 Å². The predicted molar refractivity (Wildman–Crippen MR) is 80.2 cm³/mol. The largest absolute Gasteiger partial charge is 0.361 e. The molecule has 0 radical (unpaired) electrons. The summed E-state index contributed by atoms with van der Waals surface area (Å²) in [5, 5.41) is 2.78. The molecule has 1 rings (SSSR count). The van der Waals surface area contributed by atoms with E-state index in [4.69, 9.17) is 4.52 Å². The van der Waals surface area contributed by atoms with Crippen molar-refractivity contribution in [1.82, 2.24) is 0 Å². The van der Waals surface area contributed by atoms with Crippen molar-refractivity contribution in [3.05, 3.63) is 24.3 Å². The number of anilines is 1. The molecular weight excluding hydrogens is 277 g/mol. The molecule has 1 aromatic rings. The molecule has 1 amide bonds. The Balaban J connectivity index is 3.12. The summed E-state index contributed by atoms with van der Waals surface area (Å²) in [5.41, 5.74) is -0.287. The number of hydrogen-bond donors (Lipinski definition) is 2. The summed E-state index contributed by atoms with van der Waals surface area (Å²) in [6.45, 7) is 8.68. The molecule has 0 aliphatic rings. The highest BCUT2D eigenvalue weighted by molar-refractivity contribution is 7.61. The molecule has 0 saturated carbocycles. The Morgan fingerprint density at radius 2 is 1.85 bits per heavy atom. The van der Waals surface area contributed by atoms with E-state index >= 15 is 0 Å². The average Bonchev–Trinajstić information content (AvgIpc) is 2.26. The Morgan fingerprint density at radius 1 is 1.30 bits per heavy atom. The Hall–Kier alpha value is -1.16. The number of rotatable bonds is 4. The van der Waals surface area contributed by atoms with Gasteiger partial charge in [-0.1, -0.05) is 32.9 Å². The first-order chi connectivity index (χ1) is 9.04. The fourth-order valence-corrected chi connectivity index (χ4v) is 2.87. The van der Waals surface area contributed by atoms with Crippen LogP contribution in [0.1, 0.15) is 34.6 Å². The van der Waals surface area contributed by atoms with Gasteiger partial charge in [0.15, 0.2) is 0 Å². The summed E-state index contributed by atoms with van der Waals surface area (Å²) in [6, 6.07) is 6.40. The molecule has 0 spiro atoms. The molecule has 0 bridgehead atoms. The van der Waals surface area contributed by atoms with Crippen molar-refractivity contribution in [2.45, 2.75) is 40.7 Å². The van der Waals surface area contributed by atoms with Gasteiger partial charge in [0.25, 0.3) is 0 Å². The average molecular weight is 299 g/mol. The molecule has 1 unspecified atom stereocenters. The number of carbonyl (C=O) groups is 1. The third-order valence-electron chi connectivity index (χ3n) is 2.49. The van der Waals surface area contributed by atoms with Gasteiger partial charge in [-0.25, -0.2) is 0 Å². The molecule has 0 aliphatic carbocycles. The molecule has 1 atom stereocenters. The number of carbonyl (C=O) groups excluding carboxylic acids is 1. The molecular formula is C14H22NO4P. The van der Waals surface area contributed by atoms with Crippen LogP contribution in [0.5, 0.6) is 0 Å². The third kappa shape index (κ3) is 4.44. The Kier molecular flexibility index (Phi) is 5.14. The Labute approximate surface area is 119 Å². The minimum absolute atomic E-state index is 0.103. The molecule has 6 heteroatoms. The summed E-state index contributed by atoms with van der Waals surface area (Å²) in [5.74, 6) is -0.227. The van der Waals surface area contributed by atoms with E-state index in [0.717, 1.165) is 0 Å². The van der Waals surface area contributed by atoms with Gasteiger partial charge >= 0.3 is 7.60 Å². The first kappa shape index (κ1) is 16.9. The third-order valence-corrected chi connectivity index (χ3v) is 4.20. The zero-order valence-corrected chi connectivity index (χ0v) is 13.4. The van der Waals surface area contributed by atoms with Gasteiger partial charge in [-0.2, -0.15) is 0 Å². The molecule has 0 fully saturated rings. The van der Waals surface area contributed by atoms with Gasteiger partial charge in [0.2, 0.25) is 5.91 Å². The summed E-state index contributed by atoms with van der Waals surface area (Å²) in [4.78, 5) is 22.0. The van der Waals surface area contributed by atoms with E-state index in [1.165, 1.54) is 6.07 Å². The first-order valence-electron chi connectivity index (χ1n) is 6.46.